The molecular formula is C28H33N5O3. The monoisotopic (exact) mass is 487 g/mol. The molecule has 1 aromatic heterocycles. The van der Waals surface area contributed by atoms with Gasteiger partial charge in [-0.3, -0.25) is 14.6 Å². The summed E-state index contributed by atoms with van der Waals surface area (Å²) in [7, 11) is 2.11. The Morgan fingerprint density at radius 3 is 2.17 bits per heavy atom. The van der Waals surface area contributed by atoms with Gasteiger partial charge in [0.15, 0.2) is 0 Å². The van der Waals surface area contributed by atoms with Gasteiger partial charge in [0.25, 0.3) is 0 Å². The summed E-state index contributed by atoms with van der Waals surface area (Å²) in [5, 5.41) is 10.9. The molecule has 8 nitrogen and oxygen atoms in total. The number of para-hydroxylation sites is 1. The molecule has 3 heterocycles. The van der Waals surface area contributed by atoms with Crippen LogP contribution in [0.3, 0.4) is 0 Å². The summed E-state index contributed by atoms with van der Waals surface area (Å²) < 4.78 is 0. The van der Waals surface area contributed by atoms with Crippen LogP contribution < -0.4 is 0 Å². The Balaban J connectivity index is 1.35. The van der Waals surface area contributed by atoms with Crippen LogP contribution in [0.15, 0.2) is 54.6 Å². The molecule has 0 atom stereocenters. The highest BCUT2D eigenvalue weighted by atomic mass is 16.4. The summed E-state index contributed by atoms with van der Waals surface area (Å²) in [5.41, 5.74) is 3.33. The molecule has 0 spiro atoms. The van der Waals surface area contributed by atoms with Crippen LogP contribution in [0.4, 0.5) is 0 Å². The second-order valence-electron chi connectivity index (χ2n) is 9.74. The maximum Gasteiger partial charge on any atom is 0.336 e. The van der Waals surface area contributed by atoms with Gasteiger partial charge in [0.1, 0.15) is 0 Å². The average molecular weight is 488 g/mol. The van der Waals surface area contributed by atoms with Crippen LogP contribution in [0.5, 0.6) is 0 Å². The fraction of sp³-hybridized carbons (Fsp3) is 0.393. The first kappa shape index (κ1) is 24.4. The van der Waals surface area contributed by atoms with Crippen molar-refractivity contribution >= 4 is 22.8 Å². The second-order valence-corrected chi connectivity index (χ2v) is 9.74. The van der Waals surface area contributed by atoms with E-state index in [4.69, 9.17) is 4.98 Å². The molecule has 2 fully saturated rings. The lowest BCUT2D eigenvalue weighted by Crippen LogP contribution is -2.53. The lowest BCUT2D eigenvalue weighted by molar-refractivity contribution is -0.134. The van der Waals surface area contributed by atoms with Gasteiger partial charge >= 0.3 is 5.97 Å². The van der Waals surface area contributed by atoms with Gasteiger partial charge in [0.2, 0.25) is 5.91 Å². The predicted octanol–water partition coefficient (Wildman–Crippen LogP) is 2.49. The van der Waals surface area contributed by atoms with Crippen LogP contribution in [-0.4, -0.2) is 108 Å². The Bertz CT molecular complexity index is 1230. The third-order valence-electron chi connectivity index (χ3n) is 7.32. The van der Waals surface area contributed by atoms with Gasteiger partial charge in [-0.2, -0.15) is 0 Å². The molecule has 8 heteroatoms. The molecule has 3 aromatic rings. The van der Waals surface area contributed by atoms with Crippen LogP contribution in [0, 0.1) is 0 Å². The lowest BCUT2D eigenvalue weighted by atomic mass is 9.96. The lowest BCUT2D eigenvalue weighted by Gasteiger charge is -2.37. The van der Waals surface area contributed by atoms with Crippen molar-refractivity contribution in [1.82, 2.24) is 24.6 Å². The highest BCUT2D eigenvalue weighted by Crippen LogP contribution is 2.31. The number of nitrogens with zero attached hydrogens (tertiary/aromatic N) is 5. The molecule has 2 aromatic carbocycles. The summed E-state index contributed by atoms with van der Waals surface area (Å²) >= 11 is 0. The highest BCUT2D eigenvalue weighted by Gasteiger charge is 2.27. The molecule has 1 amide bonds. The summed E-state index contributed by atoms with van der Waals surface area (Å²) in [6.45, 7) is 7.51. The number of carboxylic acids is 1. The van der Waals surface area contributed by atoms with E-state index in [1.54, 1.807) is 0 Å². The maximum atomic E-state index is 12.9. The standard InChI is InChI=1S/C28H33N5O3/c1-30-11-13-32(14-12-30)20-25(34)33-17-15-31(16-18-33)19-23-26(28(35)36)22-9-5-6-10-24(22)29-27(23)21-7-3-2-4-8-21/h2-10H,11-20H2,1H3,(H,35,36). The minimum absolute atomic E-state index is 0.183. The van der Waals surface area contributed by atoms with Gasteiger partial charge in [-0.25, -0.2) is 9.78 Å². The largest absolute Gasteiger partial charge is 0.478 e. The van der Waals surface area contributed by atoms with E-state index in [1.807, 2.05) is 59.5 Å². The molecule has 188 valence electrons. The molecule has 1 N–H and O–H groups in total. The zero-order valence-electron chi connectivity index (χ0n) is 20.8. The van der Waals surface area contributed by atoms with Gasteiger partial charge in [-0.05, 0) is 13.1 Å². The number of aromatic nitrogens is 1. The molecular weight excluding hydrogens is 454 g/mol. The number of hydrogen-bond acceptors (Lipinski definition) is 6. The summed E-state index contributed by atoms with van der Waals surface area (Å²) in [5.74, 6) is -0.760. The number of amides is 1. The Morgan fingerprint density at radius 2 is 1.47 bits per heavy atom. The number of hydrogen-bond donors (Lipinski definition) is 1. The average Bonchev–Trinajstić information content (AvgIpc) is 2.90. The molecule has 0 bridgehead atoms. The van der Waals surface area contributed by atoms with Gasteiger partial charge in [0.05, 0.1) is 23.3 Å². The molecule has 0 unspecified atom stereocenters. The zero-order chi connectivity index (χ0) is 25.1. The van der Waals surface area contributed by atoms with Crippen LogP contribution >= 0.6 is 0 Å². The van der Waals surface area contributed by atoms with E-state index in [2.05, 4.69) is 21.7 Å². The zero-order valence-corrected chi connectivity index (χ0v) is 20.8. The molecule has 2 aliphatic heterocycles. The van der Waals surface area contributed by atoms with Gasteiger partial charge in [0, 0.05) is 75.4 Å². The Kier molecular flexibility index (Phi) is 7.27. The van der Waals surface area contributed by atoms with E-state index >= 15 is 0 Å². The molecule has 2 aliphatic rings. The number of carbonyl (C=O) groups is 2. The Labute approximate surface area is 211 Å². The number of fused-ring (bicyclic) bond motifs is 1. The van der Waals surface area contributed by atoms with Crippen molar-refractivity contribution in [2.45, 2.75) is 6.54 Å². The number of piperazine rings is 2. The third-order valence-corrected chi connectivity index (χ3v) is 7.32. The van der Waals surface area contributed by atoms with E-state index in [9.17, 15) is 14.7 Å². The number of rotatable bonds is 6. The van der Waals surface area contributed by atoms with Crippen LogP contribution in [0.1, 0.15) is 15.9 Å². The smallest absolute Gasteiger partial charge is 0.336 e. The number of carbonyl (C=O) groups excluding carboxylic acids is 1. The first-order valence-corrected chi connectivity index (χ1v) is 12.6. The normalized spacial score (nSPS) is 18.0. The van der Waals surface area contributed by atoms with Crippen LogP contribution in [-0.2, 0) is 11.3 Å². The molecule has 2 saturated heterocycles. The van der Waals surface area contributed by atoms with E-state index in [0.717, 1.165) is 37.3 Å². The Morgan fingerprint density at radius 1 is 0.833 bits per heavy atom. The van der Waals surface area contributed by atoms with Crippen molar-refractivity contribution in [2.24, 2.45) is 0 Å². The fourth-order valence-electron chi connectivity index (χ4n) is 5.16. The quantitative estimate of drug-likeness (QED) is 0.572. The number of carboxylic acid groups (broad SMARTS) is 1. The van der Waals surface area contributed by atoms with Gasteiger partial charge in [-0.15, -0.1) is 0 Å². The second kappa shape index (κ2) is 10.7. The van der Waals surface area contributed by atoms with Crippen molar-refractivity contribution in [1.29, 1.82) is 0 Å². The van der Waals surface area contributed by atoms with Crippen molar-refractivity contribution in [3.8, 4) is 11.3 Å². The third kappa shape index (κ3) is 5.26. The summed E-state index contributed by atoms with van der Waals surface area (Å²) in [4.78, 5) is 39.0. The van der Waals surface area contributed by atoms with Crippen molar-refractivity contribution in [2.75, 3.05) is 66.0 Å². The molecule has 0 radical (unpaired) electrons. The first-order valence-electron chi connectivity index (χ1n) is 12.6. The molecule has 36 heavy (non-hydrogen) atoms. The number of benzene rings is 2. The molecule has 0 saturated carbocycles. The number of aromatic carboxylic acids is 1. The van der Waals surface area contributed by atoms with E-state index in [1.165, 1.54) is 0 Å². The van der Waals surface area contributed by atoms with E-state index < -0.39 is 5.97 Å². The maximum absolute atomic E-state index is 12.9. The topological polar surface area (TPSA) is 80.2 Å². The van der Waals surface area contributed by atoms with Crippen molar-refractivity contribution in [3.05, 3.63) is 65.7 Å². The minimum Gasteiger partial charge on any atom is -0.478 e. The van der Waals surface area contributed by atoms with E-state index in [0.29, 0.717) is 61.4 Å². The minimum atomic E-state index is -0.943. The van der Waals surface area contributed by atoms with Crippen LogP contribution in [0.25, 0.3) is 22.2 Å². The molecule has 0 aliphatic carbocycles. The van der Waals surface area contributed by atoms with Crippen molar-refractivity contribution in [3.63, 3.8) is 0 Å². The molecule has 5 rings (SSSR count). The van der Waals surface area contributed by atoms with Gasteiger partial charge < -0.3 is 14.9 Å². The van der Waals surface area contributed by atoms with Crippen molar-refractivity contribution < 1.29 is 14.7 Å². The number of pyridine rings is 1. The summed E-state index contributed by atoms with van der Waals surface area (Å²) in [6.07, 6.45) is 0. The summed E-state index contributed by atoms with van der Waals surface area (Å²) in [6, 6.07) is 17.2. The fourth-order valence-corrected chi connectivity index (χ4v) is 5.16. The van der Waals surface area contributed by atoms with Crippen LogP contribution in [0.2, 0.25) is 0 Å². The SMILES string of the molecule is CN1CCN(CC(=O)N2CCN(Cc3c(-c4ccccc4)nc4ccccc4c3C(=O)O)CC2)CC1. The van der Waals surface area contributed by atoms with Gasteiger partial charge in [-0.1, -0.05) is 48.5 Å². The highest BCUT2D eigenvalue weighted by molar-refractivity contribution is 6.05. The Hall–Kier alpha value is -3.33. The predicted molar refractivity (Wildman–Crippen MR) is 140 cm³/mol. The van der Waals surface area contributed by atoms with E-state index in [-0.39, 0.29) is 5.91 Å². The first-order chi connectivity index (χ1) is 17.5. The number of likely N-dealkylation sites (N-methyl/N-ethyl adjacent to an activating group) is 1.